The first-order chi connectivity index (χ1) is 10.7. The zero-order chi connectivity index (χ0) is 15.1. The van der Waals surface area contributed by atoms with Gasteiger partial charge in [0.05, 0.1) is 16.7 Å². The summed E-state index contributed by atoms with van der Waals surface area (Å²) in [4.78, 5) is 7.11. The molecule has 0 amide bonds. The Morgan fingerprint density at radius 2 is 2.18 bits per heavy atom. The molecule has 4 rings (SSSR count). The summed E-state index contributed by atoms with van der Waals surface area (Å²) < 4.78 is 2.69. The van der Waals surface area contributed by atoms with Crippen LogP contribution in [0.5, 0.6) is 0 Å². The molecule has 0 spiro atoms. The lowest BCUT2D eigenvalue weighted by atomic mass is 10.0. The first kappa shape index (κ1) is 14.0. The fourth-order valence-electron chi connectivity index (χ4n) is 3.09. The van der Waals surface area contributed by atoms with Crippen molar-refractivity contribution < 1.29 is 0 Å². The number of aromatic nitrogens is 3. The molecule has 2 aromatic heterocycles. The summed E-state index contributed by atoms with van der Waals surface area (Å²) in [5, 5.41) is 5.03. The third-order valence-electron chi connectivity index (χ3n) is 4.09. The Balaban J connectivity index is 1.74. The van der Waals surface area contributed by atoms with Crippen molar-refractivity contribution >= 4 is 39.0 Å². The largest absolute Gasteiger partial charge is 0.349 e. The van der Waals surface area contributed by atoms with Gasteiger partial charge in [0.2, 0.25) is 0 Å². The van der Waals surface area contributed by atoms with Crippen LogP contribution in [0.2, 0.25) is 5.02 Å². The van der Waals surface area contributed by atoms with Crippen molar-refractivity contribution in [2.45, 2.75) is 18.9 Å². The molecule has 112 valence electrons. The minimum Gasteiger partial charge on any atom is -0.349 e. The number of fused-ring (bicyclic) bond motifs is 1. The minimum atomic E-state index is 0.329. The molecule has 1 saturated heterocycles. The van der Waals surface area contributed by atoms with Crippen LogP contribution in [0, 0.1) is 0 Å². The first-order valence-electron chi connectivity index (χ1n) is 7.24. The third-order valence-corrected chi connectivity index (χ3v) is 4.89. The van der Waals surface area contributed by atoms with Gasteiger partial charge in [-0.15, -0.1) is 0 Å². The highest BCUT2D eigenvalue weighted by Gasteiger charge is 2.27. The van der Waals surface area contributed by atoms with E-state index in [0.29, 0.717) is 6.04 Å². The zero-order valence-corrected chi connectivity index (χ0v) is 14.1. The second kappa shape index (κ2) is 5.56. The number of rotatable bonds is 2. The quantitative estimate of drug-likeness (QED) is 0.660. The average molecular weight is 378 g/mol. The molecule has 1 aliphatic rings. The van der Waals surface area contributed by atoms with Crippen molar-refractivity contribution in [3.63, 3.8) is 0 Å². The summed E-state index contributed by atoms with van der Waals surface area (Å²) >= 11 is 9.65. The minimum absolute atomic E-state index is 0.329. The van der Waals surface area contributed by atoms with Crippen molar-refractivity contribution in [2.24, 2.45) is 0 Å². The van der Waals surface area contributed by atoms with Crippen LogP contribution in [0.1, 0.15) is 24.4 Å². The molecule has 1 aromatic carbocycles. The summed E-state index contributed by atoms with van der Waals surface area (Å²) in [6.07, 6.45) is 6.00. The summed E-state index contributed by atoms with van der Waals surface area (Å²) in [7, 11) is 0. The third kappa shape index (κ3) is 2.38. The molecule has 0 aliphatic carbocycles. The van der Waals surface area contributed by atoms with Crippen LogP contribution < -0.4 is 4.90 Å². The summed E-state index contributed by atoms with van der Waals surface area (Å²) in [5.41, 5.74) is 2.09. The van der Waals surface area contributed by atoms with Crippen molar-refractivity contribution in [1.29, 1.82) is 0 Å². The van der Waals surface area contributed by atoms with Gasteiger partial charge in [0.15, 0.2) is 5.65 Å². The Morgan fingerprint density at radius 1 is 1.27 bits per heavy atom. The standard InChI is InChI=1S/C16H14BrClN4/c17-13-10-19-22-8-6-15(20-16(13)22)21-7-2-5-14(21)11-3-1-4-12(18)9-11/h1,3-4,6,8-10,14H,2,5,7H2/t14-/m1/s1. The second-order valence-electron chi connectivity index (χ2n) is 5.45. The number of halogens is 2. The van der Waals surface area contributed by atoms with E-state index in [1.54, 1.807) is 10.7 Å². The molecule has 1 aliphatic heterocycles. The van der Waals surface area contributed by atoms with Crippen molar-refractivity contribution in [2.75, 3.05) is 11.4 Å². The van der Waals surface area contributed by atoms with Crippen molar-refractivity contribution in [3.8, 4) is 0 Å². The molecule has 22 heavy (non-hydrogen) atoms. The van der Waals surface area contributed by atoms with E-state index < -0.39 is 0 Å². The highest BCUT2D eigenvalue weighted by molar-refractivity contribution is 9.10. The van der Waals surface area contributed by atoms with Crippen LogP contribution in [0.3, 0.4) is 0 Å². The van der Waals surface area contributed by atoms with E-state index in [9.17, 15) is 0 Å². The number of benzene rings is 1. The van der Waals surface area contributed by atoms with Gasteiger partial charge < -0.3 is 4.90 Å². The van der Waals surface area contributed by atoms with Gasteiger partial charge >= 0.3 is 0 Å². The summed E-state index contributed by atoms with van der Waals surface area (Å²) in [6, 6.07) is 10.5. The van der Waals surface area contributed by atoms with E-state index in [1.165, 1.54) is 5.56 Å². The lowest BCUT2D eigenvalue weighted by molar-refractivity contribution is 0.710. The normalized spacial score (nSPS) is 18.3. The number of nitrogens with zero attached hydrogens (tertiary/aromatic N) is 4. The molecule has 4 nitrogen and oxygen atoms in total. The molecule has 3 heterocycles. The van der Waals surface area contributed by atoms with Gasteiger partial charge in [0.1, 0.15) is 5.82 Å². The molecular weight excluding hydrogens is 364 g/mol. The van der Waals surface area contributed by atoms with Gasteiger partial charge in [-0.2, -0.15) is 5.10 Å². The molecule has 1 fully saturated rings. The lowest BCUT2D eigenvalue weighted by Gasteiger charge is -2.26. The monoisotopic (exact) mass is 376 g/mol. The van der Waals surface area contributed by atoms with Crippen LogP contribution in [0.25, 0.3) is 5.65 Å². The molecule has 1 atom stereocenters. The summed E-state index contributed by atoms with van der Waals surface area (Å²) in [6.45, 7) is 1.01. The highest BCUT2D eigenvalue weighted by Crippen LogP contribution is 2.36. The molecule has 0 N–H and O–H groups in total. The van der Waals surface area contributed by atoms with E-state index in [-0.39, 0.29) is 0 Å². The van der Waals surface area contributed by atoms with E-state index >= 15 is 0 Å². The van der Waals surface area contributed by atoms with Crippen molar-refractivity contribution in [1.82, 2.24) is 14.6 Å². The van der Waals surface area contributed by atoms with Crippen LogP contribution in [0.15, 0.2) is 47.2 Å². The topological polar surface area (TPSA) is 33.4 Å². The molecule has 0 bridgehead atoms. The van der Waals surface area contributed by atoms with Gasteiger partial charge in [-0.25, -0.2) is 9.50 Å². The maximum Gasteiger partial charge on any atom is 0.171 e. The number of hydrogen-bond acceptors (Lipinski definition) is 3. The smallest absolute Gasteiger partial charge is 0.171 e. The zero-order valence-electron chi connectivity index (χ0n) is 11.8. The van der Waals surface area contributed by atoms with Crippen LogP contribution >= 0.6 is 27.5 Å². The van der Waals surface area contributed by atoms with E-state index in [0.717, 1.165) is 40.3 Å². The molecule has 0 radical (unpaired) electrons. The van der Waals surface area contributed by atoms with Crippen LogP contribution in [-0.2, 0) is 0 Å². The van der Waals surface area contributed by atoms with Gasteiger partial charge in [0.25, 0.3) is 0 Å². The molecule has 6 heteroatoms. The summed E-state index contributed by atoms with van der Waals surface area (Å²) in [5.74, 6) is 0.983. The van der Waals surface area contributed by atoms with E-state index in [2.05, 4.69) is 38.1 Å². The Hall–Kier alpha value is -1.59. The fourth-order valence-corrected chi connectivity index (χ4v) is 3.65. The Bertz CT molecular complexity index is 832. The number of hydrogen-bond donors (Lipinski definition) is 0. The predicted octanol–water partition coefficient (Wildman–Crippen LogP) is 4.49. The molecule has 0 unspecified atom stereocenters. The number of anilines is 1. The van der Waals surface area contributed by atoms with Gasteiger partial charge in [-0.05, 0) is 52.5 Å². The van der Waals surface area contributed by atoms with Gasteiger partial charge in [-0.3, -0.25) is 0 Å². The van der Waals surface area contributed by atoms with E-state index in [4.69, 9.17) is 16.6 Å². The average Bonchev–Trinajstić information content (AvgIpc) is 3.14. The van der Waals surface area contributed by atoms with Gasteiger partial charge in [0, 0.05) is 17.8 Å². The SMILES string of the molecule is Clc1cccc([C@H]2CCCN2c2ccn3ncc(Br)c3n2)c1. The second-order valence-corrected chi connectivity index (χ2v) is 6.74. The predicted molar refractivity (Wildman–Crippen MR) is 91.5 cm³/mol. The maximum atomic E-state index is 6.15. The van der Waals surface area contributed by atoms with Crippen LogP contribution in [0.4, 0.5) is 5.82 Å². The molecule has 0 saturated carbocycles. The Labute approximate surface area is 141 Å². The van der Waals surface area contributed by atoms with Crippen molar-refractivity contribution in [3.05, 3.63) is 57.8 Å². The maximum absolute atomic E-state index is 6.15. The fraction of sp³-hybridized carbons (Fsp3) is 0.250. The Kier molecular flexibility index (Phi) is 3.54. The lowest BCUT2D eigenvalue weighted by Crippen LogP contribution is -2.23. The van der Waals surface area contributed by atoms with Gasteiger partial charge in [-0.1, -0.05) is 23.7 Å². The molecular formula is C16H14BrClN4. The molecule has 3 aromatic rings. The highest BCUT2D eigenvalue weighted by atomic mass is 79.9. The van der Waals surface area contributed by atoms with Crippen LogP contribution in [-0.4, -0.2) is 21.1 Å². The first-order valence-corrected chi connectivity index (χ1v) is 8.41. The van der Waals surface area contributed by atoms with E-state index in [1.807, 2.05) is 24.4 Å². The Morgan fingerprint density at radius 3 is 3.05 bits per heavy atom.